The third-order valence-electron chi connectivity index (χ3n) is 2.33. The Hall–Kier alpha value is -1.14. The van der Waals surface area contributed by atoms with E-state index in [1.807, 2.05) is 6.07 Å². The second-order valence-electron chi connectivity index (χ2n) is 3.75. The summed E-state index contributed by atoms with van der Waals surface area (Å²) in [5.74, 6) is -0.342. The highest BCUT2D eigenvalue weighted by molar-refractivity contribution is 9.10. The van der Waals surface area contributed by atoms with E-state index in [2.05, 4.69) is 21.2 Å². The number of carbonyl (C=O) groups is 1. The van der Waals surface area contributed by atoms with Gasteiger partial charge >= 0.3 is 0 Å². The molecule has 0 saturated carbocycles. The first kappa shape index (κ1) is 12.3. The number of nitrogens with one attached hydrogen (secondary N) is 1. The average molecular weight is 316 g/mol. The van der Waals surface area contributed by atoms with E-state index in [1.54, 1.807) is 18.2 Å². The summed E-state index contributed by atoms with van der Waals surface area (Å²) in [4.78, 5) is 11.8. The first-order valence-electron chi connectivity index (χ1n) is 4.94. The van der Waals surface area contributed by atoms with E-state index in [-0.39, 0.29) is 11.7 Å². The molecule has 1 atom stereocenters. The predicted molar refractivity (Wildman–Crippen MR) is 68.3 cm³/mol. The van der Waals surface area contributed by atoms with Crippen LogP contribution in [0.4, 0.5) is 0 Å². The molecule has 1 aromatic rings. The molecule has 0 radical (unpaired) electrons. The first-order valence-corrected chi connectivity index (χ1v) is 7.44. The highest BCUT2D eigenvalue weighted by atomic mass is 79.9. The number of amides is 1. The Labute approximate surface area is 108 Å². The molecule has 0 aliphatic carbocycles. The van der Waals surface area contributed by atoms with Crippen molar-refractivity contribution >= 4 is 31.7 Å². The molecule has 0 spiro atoms. The summed E-state index contributed by atoms with van der Waals surface area (Å²) in [6, 6.07) is 6.48. The highest BCUT2D eigenvalue weighted by Crippen LogP contribution is 2.13. The fourth-order valence-electron chi connectivity index (χ4n) is 1.55. The molecule has 1 N–H and O–H groups in total. The molecule has 0 saturated heterocycles. The summed E-state index contributed by atoms with van der Waals surface area (Å²) in [5, 5.41) is 3.79. The zero-order valence-corrected chi connectivity index (χ0v) is 11.2. The maximum Gasteiger partial charge on any atom is 0.251 e. The molecule has 90 valence electrons. The van der Waals surface area contributed by atoms with Crippen LogP contribution in [-0.2, 0) is 9.84 Å². The molecule has 0 aromatic heterocycles. The van der Waals surface area contributed by atoms with Crippen molar-refractivity contribution in [3.63, 3.8) is 0 Å². The summed E-state index contributed by atoms with van der Waals surface area (Å²) < 4.78 is 23.1. The third kappa shape index (κ3) is 3.17. The van der Waals surface area contributed by atoms with Crippen LogP contribution in [0.2, 0.25) is 0 Å². The van der Waals surface area contributed by atoms with Gasteiger partial charge in [-0.3, -0.25) is 4.79 Å². The molecule has 1 heterocycles. The van der Waals surface area contributed by atoms with Gasteiger partial charge in [-0.1, -0.05) is 22.0 Å². The fourth-order valence-corrected chi connectivity index (χ4v) is 3.18. The van der Waals surface area contributed by atoms with E-state index in [1.165, 1.54) is 6.08 Å². The Morgan fingerprint density at radius 1 is 1.41 bits per heavy atom. The van der Waals surface area contributed by atoms with Crippen LogP contribution in [-0.4, -0.2) is 26.1 Å². The van der Waals surface area contributed by atoms with Gasteiger partial charge in [0.05, 0.1) is 11.8 Å². The van der Waals surface area contributed by atoms with Crippen molar-refractivity contribution in [1.82, 2.24) is 5.32 Å². The van der Waals surface area contributed by atoms with Crippen LogP contribution in [0, 0.1) is 0 Å². The van der Waals surface area contributed by atoms with Gasteiger partial charge in [0.25, 0.3) is 5.91 Å². The number of hydrogen-bond donors (Lipinski definition) is 1. The number of carbonyl (C=O) groups excluding carboxylic acids is 1. The summed E-state index contributed by atoms with van der Waals surface area (Å²) >= 11 is 3.27. The summed E-state index contributed by atoms with van der Waals surface area (Å²) in [5.41, 5.74) is 0.497. The predicted octanol–water partition coefficient (Wildman–Crippen LogP) is 1.49. The monoisotopic (exact) mass is 315 g/mol. The van der Waals surface area contributed by atoms with Gasteiger partial charge in [0.2, 0.25) is 0 Å². The van der Waals surface area contributed by atoms with Crippen molar-refractivity contribution in [2.75, 3.05) is 5.75 Å². The first-order chi connectivity index (χ1) is 7.96. The van der Waals surface area contributed by atoms with Crippen LogP contribution in [0.25, 0.3) is 0 Å². The molecule has 4 nitrogen and oxygen atoms in total. The van der Waals surface area contributed by atoms with Crippen molar-refractivity contribution < 1.29 is 13.2 Å². The maximum absolute atomic E-state index is 11.8. The van der Waals surface area contributed by atoms with Crippen LogP contribution in [0.5, 0.6) is 0 Å². The molecule has 6 heteroatoms. The van der Waals surface area contributed by atoms with Crippen molar-refractivity contribution in [2.45, 2.75) is 6.04 Å². The molecule has 2 rings (SSSR count). The van der Waals surface area contributed by atoms with Gasteiger partial charge < -0.3 is 5.32 Å². The van der Waals surface area contributed by atoms with E-state index in [4.69, 9.17) is 0 Å². The quantitative estimate of drug-likeness (QED) is 0.899. The van der Waals surface area contributed by atoms with Gasteiger partial charge in [0.1, 0.15) is 0 Å². The van der Waals surface area contributed by atoms with Crippen molar-refractivity contribution in [2.24, 2.45) is 0 Å². The van der Waals surface area contributed by atoms with Gasteiger partial charge in [-0.05, 0) is 24.3 Å². The molecule has 0 bridgehead atoms. The lowest BCUT2D eigenvalue weighted by Crippen LogP contribution is -2.35. The molecule has 1 aliphatic heterocycles. The maximum atomic E-state index is 11.8. The van der Waals surface area contributed by atoms with Gasteiger partial charge in [0.15, 0.2) is 9.84 Å². The molecular weight excluding hydrogens is 306 g/mol. The third-order valence-corrected chi connectivity index (χ3v) is 4.22. The zero-order chi connectivity index (χ0) is 12.5. The number of hydrogen-bond acceptors (Lipinski definition) is 3. The van der Waals surface area contributed by atoms with Crippen LogP contribution >= 0.6 is 15.9 Å². The molecule has 1 aromatic carbocycles. The van der Waals surface area contributed by atoms with Crippen LogP contribution < -0.4 is 5.32 Å². The van der Waals surface area contributed by atoms with Crippen LogP contribution in [0.1, 0.15) is 10.4 Å². The van der Waals surface area contributed by atoms with Gasteiger partial charge in [-0.2, -0.15) is 0 Å². The fraction of sp³-hybridized carbons (Fsp3) is 0.182. The number of halogens is 1. The number of benzene rings is 1. The summed E-state index contributed by atoms with van der Waals surface area (Å²) in [6.07, 6.45) is 1.49. The topological polar surface area (TPSA) is 63.2 Å². The Morgan fingerprint density at radius 2 is 2.18 bits per heavy atom. The highest BCUT2D eigenvalue weighted by Gasteiger charge is 2.23. The number of sulfone groups is 1. The van der Waals surface area contributed by atoms with Crippen LogP contribution in [0.15, 0.2) is 40.2 Å². The molecule has 0 fully saturated rings. The number of rotatable bonds is 2. The minimum Gasteiger partial charge on any atom is -0.345 e. The Morgan fingerprint density at radius 3 is 2.76 bits per heavy atom. The zero-order valence-electron chi connectivity index (χ0n) is 8.76. The second kappa shape index (κ2) is 4.62. The Kier molecular flexibility index (Phi) is 3.35. The van der Waals surface area contributed by atoms with Crippen molar-refractivity contribution in [1.29, 1.82) is 0 Å². The molecule has 17 heavy (non-hydrogen) atoms. The standard InChI is InChI=1S/C11H10BrNO3S/c12-9-3-1-2-8(6-9)11(14)13-10-4-5-17(15,16)7-10/h1-6,10H,7H2,(H,13,14). The summed E-state index contributed by atoms with van der Waals surface area (Å²) in [6.45, 7) is 0. The average Bonchev–Trinajstić information content (AvgIpc) is 2.58. The minimum absolute atomic E-state index is 0.0628. The smallest absolute Gasteiger partial charge is 0.251 e. The lowest BCUT2D eigenvalue weighted by atomic mass is 10.2. The Bertz CT molecular complexity index is 580. The van der Waals surface area contributed by atoms with E-state index >= 15 is 0 Å². The molecule has 1 unspecified atom stereocenters. The van der Waals surface area contributed by atoms with E-state index in [9.17, 15) is 13.2 Å². The van der Waals surface area contributed by atoms with Gasteiger partial charge in [-0.15, -0.1) is 0 Å². The Balaban J connectivity index is 2.06. The molecular formula is C11H10BrNO3S. The van der Waals surface area contributed by atoms with E-state index in [0.29, 0.717) is 5.56 Å². The van der Waals surface area contributed by atoms with Crippen molar-refractivity contribution in [3.05, 3.63) is 45.8 Å². The normalized spacial score (nSPS) is 21.4. The lowest BCUT2D eigenvalue weighted by Gasteiger charge is -2.09. The van der Waals surface area contributed by atoms with Crippen molar-refractivity contribution in [3.8, 4) is 0 Å². The molecule has 1 aliphatic rings. The summed E-state index contributed by atoms with van der Waals surface area (Å²) in [7, 11) is -3.14. The van der Waals surface area contributed by atoms with E-state index < -0.39 is 15.9 Å². The van der Waals surface area contributed by atoms with Gasteiger partial charge in [-0.25, -0.2) is 8.42 Å². The van der Waals surface area contributed by atoms with Crippen LogP contribution in [0.3, 0.4) is 0 Å². The minimum atomic E-state index is -3.14. The SMILES string of the molecule is O=C(NC1C=CS(=O)(=O)C1)c1cccc(Br)c1. The largest absolute Gasteiger partial charge is 0.345 e. The van der Waals surface area contributed by atoms with Gasteiger partial charge in [0, 0.05) is 15.4 Å². The molecule has 1 amide bonds. The van der Waals surface area contributed by atoms with E-state index in [0.717, 1.165) is 9.88 Å². The lowest BCUT2D eigenvalue weighted by molar-refractivity contribution is 0.0947. The second-order valence-corrected chi connectivity index (χ2v) is 6.60.